The Kier molecular flexibility index (Phi) is 3.79. The Labute approximate surface area is 115 Å². The lowest BCUT2D eigenvalue weighted by molar-refractivity contribution is -0.385. The van der Waals surface area contributed by atoms with Gasteiger partial charge in [-0.25, -0.2) is 4.98 Å². The summed E-state index contributed by atoms with van der Waals surface area (Å²) in [4.78, 5) is 27.2. The van der Waals surface area contributed by atoms with E-state index in [-0.39, 0.29) is 23.2 Å². The highest BCUT2D eigenvalue weighted by Crippen LogP contribution is 2.25. The summed E-state index contributed by atoms with van der Waals surface area (Å²) in [6, 6.07) is 4.47. The summed E-state index contributed by atoms with van der Waals surface area (Å²) >= 11 is 0. The molecule has 1 saturated heterocycles. The lowest BCUT2D eigenvalue weighted by Crippen LogP contribution is -2.41. The molecule has 1 aromatic rings. The number of amides is 1. The summed E-state index contributed by atoms with van der Waals surface area (Å²) in [5.74, 6) is -0.165. The van der Waals surface area contributed by atoms with Crippen LogP contribution in [0.2, 0.25) is 0 Å². The van der Waals surface area contributed by atoms with Crippen molar-refractivity contribution in [3.05, 3.63) is 27.9 Å². The van der Waals surface area contributed by atoms with Gasteiger partial charge >= 0.3 is 5.69 Å². The first-order valence-corrected chi connectivity index (χ1v) is 6.12. The number of hydrogen-bond donors (Lipinski definition) is 1. The molecule has 8 nitrogen and oxygen atoms in total. The van der Waals surface area contributed by atoms with Gasteiger partial charge in [0.1, 0.15) is 11.9 Å². The van der Waals surface area contributed by atoms with E-state index in [4.69, 9.17) is 11.0 Å². The first-order valence-electron chi connectivity index (χ1n) is 6.12. The van der Waals surface area contributed by atoms with E-state index < -0.39 is 4.92 Å². The number of primary amides is 1. The van der Waals surface area contributed by atoms with Gasteiger partial charge in [-0.15, -0.1) is 0 Å². The molecule has 1 unspecified atom stereocenters. The number of carbonyl (C=O) groups is 1. The lowest BCUT2D eigenvalue weighted by Gasteiger charge is -2.32. The predicted molar refractivity (Wildman–Crippen MR) is 69.7 cm³/mol. The summed E-state index contributed by atoms with van der Waals surface area (Å²) in [6.07, 6.45) is 1.51. The Bertz CT molecular complexity index is 595. The van der Waals surface area contributed by atoms with Gasteiger partial charge in [-0.1, -0.05) is 0 Å². The highest BCUT2D eigenvalue weighted by Gasteiger charge is 2.26. The van der Waals surface area contributed by atoms with Gasteiger partial charge in [-0.05, 0) is 18.9 Å². The summed E-state index contributed by atoms with van der Waals surface area (Å²) < 4.78 is 0. The highest BCUT2D eigenvalue weighted by atomic mass is 16.6. The fourth-order valence-corrected chi connectivity index (χ4v) is 2.26. The van der Waals surface area contributed by atoms with Gasteiger partial charge in [0.25, 0.3) is 0 Å². The van der Waals surface area contributed by atoms with Crippen molar-refractivity contribution in [3.8, 4) is 6.07 Å². The maximum Gasteiger partial charge on any atom is 0.305 e. The van der Waals surface area contributed by atoms with E-state index in [1.807, 2.05) is 4.90 Å². The Morgan fingerprint density at radius 1 is 1.60 bits per heavy atom. The molecule has 2 rings (SSSR count). The molecule has 2 N–H and O–H groups in total. The van der Waals surface area contributed by atoms with E-state index in [0.29, 0.717) is 18.9 Å². The molecular formula is C12H13N5O3. The Morgan fingerprint density at radius 3 is 2.95 bits per heavy atom. The van der Waals surface area contributed by atoms with Gasteiger partial charge in [-0.3, -0.25) is 14.9 Å². The van der Waals surface area contributed by atoms with Crippen molar-refractivity contribution in [1.82, 2.24) is 4.98 Å². The average molecular weight is 275 g/mol. The molecule has 1 aliphatic rings. The summed E-state index contributed by atoms with van der Waals surface area (Å²) in [5, 5.41) is 19.7. The third kappa shape index (κ3) is 2.66. The number of aromatic nitrogens is 1. The van der Waals surface area contributed by atoms with Crippen LogP contribution < -0.4 is 10.6 Å². The van der Waals surface area contributed by atoms with Gasteiger partial charge in [0.15, 0.2) is 0 Å². The fourth-order valence-electron chi connectivity index (χ4n) is 2.26. The molecule has 1 aliphatic heterocycles. The molecule has 104 valence electrons. The van der Waals surface area contributed by atoms with E-state index in [1.165, 1.54) is 12.1 Å². The lowest BCUT2D eigenvalue weighted by atomic mass is 9.97. The molecule has 0 aliphatic carbocycles. The minimum absolute atomic E-state index is 0.228. The van der Waals surface area contributed by atoms with Crippen LogP contribution in [0.4, 0.5) is 11.5 Å². The molecule has 0 saturated carbocycles. The van der Waals surface area contributed by atoms with Crippen LogP contribution in [-0.4, -0.2) is 28.9 Å². The second-order valence-corrected chi connectivity index (χ2v) is 4.59. The molecule has 20 heavy (non-hydrogen) atoms. The van der Waals surface area contributed by atoms with Gasteiger partial charge in [0, 0.05) is 19.2 Å². The van der Waals surface area contributed by atoms with Crippen molar-refractivity contribution < 1.29 is 9.72 Å². The Balaban J connectivity index is 2.27. The fraction of sp³-hybridized carbons (Fsp3) is 0.417. The maximum absolute atomic E-state index is 11.2. The molecule has 2 heterocycles. The molecule has 1 fully saturated rings. The summed E-state index contributed by atoms with van der Waals surface area (Å²) in [6.45, 7) is 1.10. The van der Waals surface area contributed by atoms with Crippen molar-refractivity contribution in [3.63, 3.8) is 0 Å². The Hall–Kier alpha value is -2.69. The maximum atomic E-state index is 11.2. The van der Waals surface area contributed by atoms with E-state index >= 15 is 0 Å². The van der Waals surface area contributed by atoms with Crippen LogP contribution in [0, 0.1) is 27.4 Å². The number of anilines is 1. The van der Waals surface area contributed by atoms with Crippen LogP contribution in [0.25, 0.3) is 0 Å². The predicted octanol–water partition coefficient (Wildman–Crippen LogP) is 0.563. The van der Waals surface area contributed by atoms with Crippen molar-refractivity contribution in [2.45, 2.75) is 12.8 Å². The topological polar surface area (TPSA) is 126 Å². The number of nitrogens with two attached hydrogens (primary N) is 1. The Morgan fingerprint density at radius 2 is 2.35 bits per heavy atom. The smallest absolute Gasteiger partial charge is 0.305 e. The largest absolute Gasteiger partial charge is 0.369 e. The van der Waals surface area contributed by atoms with Crippen molar-refractivity contribution in [1.29, 1.82) is 5.26 Å². The zero-order valence-corrected chi connectivity index (χ0v) is 10.7. The number of rotatable bonds is 3. The minimum atomic E-state index is -0.641. The van der Waals surface area contributed by atoms with Crippen LogP contribution in [-0.2, 0) is 4.79 Å². The zero-order valence-electron chi connectivity index (χ0n) is 10.7. The molecule has 1 atom stereocenters. The number of nitriles is 1. The van der Waals surface area contributed by atoms with E-state index in [9.17, 15) is 14.9 Å². The van der Waals surface area contributed by atoms with Crippen LogP contribution in [0.5, 0.6) is 0 Å². The van der Waals surface area contributed by atoms with E-state index in [1.54, 1.807) is 6.07 Å². The van der Waals surface area contributed by atoms with Crippen molar-refractivity contribution in [2.24, 2.45) is 11.7 Å². The number of nitrogens with zero attached hydrogens (tertiary/aromatic N) is 4. The molecule has 8 heteroatoms. The third-order valence-corrected chi connectivity index (χ3v) is 3.31. The van der Waals surface area contributed by atoms with E-state index in [0.717, 1.165) is 12.8 Å². The molecule has 1 amide bonds. The summed E-state index contributed by atoms with van der Waals surface area (Å²) in [5.41, 5.74) is 4.75. The van der Waals surface area contributed by atoms with Gasteiger partial charge in [0.2, 0.25) is 11.6 Å². The van der Waals surface area contributed by atoms with Gasteiger partial charge in [0.05, 0.1) is 10.8 Å². The van der Waals surface area contributed by atoms with Gasteiger partial charge < -0.3 is 10.6 Å². The second kappa shape index (κ2) is 5.52. The van der Waals surface area contributed by atoms with Crippen LogP contribution in [0.1, 0.15) is 18.5 Å². The second-order valence-electron chi connectivity index (χ2n) is 4.59. The number of nitro groups is 1. The van der Waals surface area contributed by atoms with Crippen LogP contribution in [0.3, 0.4) is 0 Å². The monoisotopic (exact) mass is 275 g/mol. The quantitative estimate of drug-likeness (QED) is 0.634. The normalized spacial score (nSPS) is 18.4. The molecule has 0 spiro atoms. The van der Waals surface area contributed by atoms with Crippen molar-refractivity contribution >= 4 is 17.4 Å². The third-order valence-electron chi connectivity index (χ3n) is 3.31. The molecular weight excluding hydrogens is 262 g/mol. The van der Waals surface area contributed by atoms with Crippen LogP contribution >= 0.6 is 0 Å². The standard InChI is InChI=1S/C12H13N5O3/c13-6-9-10(17(19)20)3-4-11(15-9)16-5-1-2-8(7-16)12(14)18/h3-4,8H,1-2,5,7H2,(H2,14,18). The molecule has 0 bridgehead atoms. The first kappa shape index (κ1) is 13.7. The first-order chi connectivity index (χ1) is 9.52. The highest BCUT2D eigenvalue weighted by molar-refractivity contribution is 5.77. The van der Waals surface area contributed by atoms with E-state index in [2.05, 4.69) is 4.98 Å². The average Bonchev–Trinajstić information content (AvgIpc) is 2.46. The number of pyridine rings is 1. The number of carbonyl (C=O) groups excluding carboxylic acids is 1. The SMILES string of the molecule is N#Cc1nc(N2CCCC(C(N)=O)C2)ccc1[N+](=O)[O-]. The zero-order chi connectivity index (χ0) is 14.7. The number of piperidine rings is 1. The molecule has 0 radical (unpaired) electrons. The minimum Gasteiger partial charge on any atom is -0.369 e. The van der Waals surface area contributed by atoms with Gasteiger partial charge in [-0.2, -0.15) is 5.26 Å². The molecule has 1 aromatic heterocycles. The summed E-state index contributed by atoms with van der Waals surface area (Å²) in [7, 11) is 0. The number of hydrogen-bond acceptors (Lipinski definition) is 6. The molecule has 0 aromatic carbocycles. The van der Waals surface area contributed by atoms with Crippen LogP contribution in [0.15, 0.2) is 12.1 Å². The van der Waals surface area contributed by atoms with Crippen molar-refractivity contribution in [2.75, 3.05) is 18.0 Å².